The van der Waals surface area contributed by atoms with Gasteiger partial charge in [0.15, 0.2) is 14.6 Å². The van der Waals surface area contributed by atoms with Crippen molar-refractivity contribution in [3.63, 3.8) is 0 Å². The number of carbonyl (C=O) groups is 1. The second-order valence-corrected chi connectivity index (χ2v) is 23.0. The van der Waals surface area contributed by atoms with Crippen LogP contribution in [0.25, 0.3) is 0 Å². The highest BCUT2D eigenvalue weighted by Gasteiger charge is 2.45. The highest BCUT2D eigenvalue weighted by atomic mass is 28.4. The maximum Gasteiger partial charge on any atom is 0.305 e. The minimum absolute atomic E-state index is 0.0890. The summed E-state index contributed by atoms with van der Waals surface area (Å²) in [4.78, 5) is 12.6. The number of rotatable bonds is 11. The Morgan fingerprint density at radius 1 is 1.05 bits per heavy atom. The Bertz CT molecular complexity index is 845. The van der Waals surface area contributed by atoms with Crippen LogP contribution in [0.15, 0.2) is 30.3 Å². The highest BCUT2D eigenvalue weighted by molar-refractivity contribution is 6.91. The molecule has 1 aromatic rings. The first kappa shape index (κ1) is 30.5. The van der Waals surface area contributed by atoms with E-state index < -0.39 is 16.4 Å². The van der Waals surface area contributed by atoms with E-state index in [1.807, 2.05) is 0 Å². The van der Waals surface area contributed by atoms with Crippen LogP contribution in [0.2, 0.25) is 36.8 Å². The van der Waals surface area contributed by atoms with Gasteiger partial charge in [-0.3, -0.25) is 4.79 Å². The van der Waals surface area contributed by atoms with Gasteiger partial charge in [-0.25, -0.2) is 0 Å². The van der Waals surface area contributed by atoms with Crippen LogP contribution >= 0.6 is 0 Å². The maximum absolute atomic E-state index is 12.6. The van der Waals surface area contributed by atoms with Crippen molar-refractivity contribution in [1.29, 1.82) is 0 Å². The smallest absolute Gasteiger partial charge is 0.305 e. The summed E-state index contributed by atoms with van der Waals surface area (Å²) in [6.07, 6.45) is 6.98. The summed E-state index contributed by atoms with van der Waals surface area (Å²) in [6.45, 7) is 17.9. The first-order valence-electron chi connectivity index (χ1n) is 14.4. The van der Waals surface area contributed by atoms with E-state index in [0.717, 1.165) is 45.3 Å². The molecule has 0 bridgehead atoms. The molecular formula is C30H52O5Si2. The fraction of sp³-hybridized carbons (Fsp3) is 0.767. The molecule has 0 aromatic heterocycles. The van der Waals surface area contributed by atoms with Crippen LogP contribution in [0.5, 0.6) is 0 Å². The Labute approximate surface area is 228 Å². The number of hydrogen-bond acceptors (Lipinski definition) is 5. The summed E-state index contributed by atoms with van der Waals surface area (Å²) in [7, 11) is -2.32. The third-order valence-electron chi connectivity index (χ3n) is 9.58. The van der Waals surface area contributed by atoms with E-state index in [4.69, 9.17) is 18.6 Å². The molecule has 1 aliphatic carbocycles. The van der Waals surface area contributed by atoms with Gasteiger partial charge in [-0.1, -0.05) is 69.4 Å². The summed E-state index contributed by atoms with van der Waals surface area (Å²) in [5.74, 6) is 0.681. The van der Waals surface area contributed by atoms with Gasteiger partial charge in [0.2, 0.25) is 0 Å². The molecule has 0 amide bonds. The van der Waals surface area contributed by atoms with Crippen LogP contribution in [0.4, 0.5) is 0 Å². The number of esters is 1. The molecule has 5 atom stereocenters. The van der Waals surface area contributed by atoms with Gasteiger partial charge in [-0.2, -0.15) is 0 Å². The molecule has 1 aliphatic heterocycles. The Hall–Kier alpha value is -0.996. The molecule has 0 spiro atoms. The van der Waals surface area contributed by atoms with Crippen LogP contribution in [-0.2, 0) is 23.4 Å². The van der Waals surface area contributed by atoms with Gasteiger partial charge >= 0.3 is 5.97 Å². The van der Waals surface area contributed by atoms with Crippen LogP contribution in [0, 0.1) is 11.8 Å². The lowest BCUT2D eigenvalue weighted by molar-refractivity contribution is -0.197. The molecule has 0 N–H and O–H groups in total. The fourth-order valence-electron chi connectivity index (χ4n) is 5.74. The van der Waals surface area contributed by atoms with Crippen molar-refractivity contribution in [1.82, 2.24) is 0 Å². The zero-order valence-electron chi connectivity index (χ0n) is 24.7. The van der Waals surface area contributed by atoms with Crippen LogP contribution in [0.1, 0.15) is 65.7 Å². The summed E-state index contributed by atoms with van der Waals surface area (Å²) >= 11 is 0. The van der Waals surface area contributed by atoms with Gasteiger partial charge in [0.05, 0.1) is 21.3 Å². The summed E-state index contributed by atoms with van der Waals surface area (Å²) in [5.41, 5.74) is 0.299. The van der Waals surface area contributed by atoms with E-state index in [0.29, 0.717) is 23.8 Å². The molecule has 2 unspecified atom stereocenters. The minimum atomic E-state index is -1.94. The van der Waals surface area contributed by atoms with Gasteiger partial charge in [0.25, 0.3) is 0 Å². The second-order valence-electron chi connectivity index (χ2n) is 13.3. The highest BCUT2D eigenvalue weighted by Crippen LogP contribution is 2.45. The fourth-order valence-corrected chi connectivity index (χ4v) is 9.87. The normalized spacial score (nSPS) is 26.2. The number of hydrogen-bond donors (Lipinski definition) is 0. The third-order valence-corrected chi connectivity index (χ3v) is 18.4. The van der Waals surface area contributed by atoms with Crippen molar-refractivity contribution in [3.8, 4) is 0 Å². The monoisotopic (exact) mass is 548 g/mol. The maximum atomic E-state index is 12.6. The molecule has 7 heteroatoms. The summed E-state index contributed by atoms with van der Waals surface area (Å²) in [6, 6.07) is 10.8. The lowest BCUT2D eigenvalue weighted by Crippen LogP contribution is -2.48. The number of carbonyl (C=O) groups excluding carboxylic acids is 1. The zero-order valence-corrected chi connectivity index (χ0v) is 26.7. The van der Waals surface area contributed by atoms with E-state index in [-0.39, 0.29) is 23.4 Å². The SMILES string of the molecule is COC(=O)CC(C[C@@H]1CC[C@H](OC2CCCCO2)[C@H]1CO[Si](C)(C)C(C)(C)C)[Si](C)(C)c1ccccc1. The average Bonchev–Trinajstić information content (AvgIpc) is 3.23. The van der Waals surface area contributed by atoms with Crippen LogP contribution < -0.4 is 5.19 Å². The lowest BCUT2D eigenvalue weighted by atomic mass is 9.90. The largest absolute Gasteiger partial charge is 0.469 e. The molecule has 5 nitrogen and oxygen atoms in total. The molecule has 210 valence electrons. The second kappa shape index (κ2) is 12.9. The number of ether oxygens (including phenoxy) is 3. The van der Waals surface area contributed by atoms with Crippen LogP contribution in [-0.4, -0.2) is 55.1 Å². The lowest BCUT2D eigenvalue weighted by Gasteiger charge is -2.40. The van der Waals surface area contributed by atoms with Crippen molar-refractivity contribution in [3.05, 3.63) is 30.3 Å². The van der Waals surface area contributed by atoms with Crippen molar-refractivity contribution >= 4 is 27.5 Å². The molecule has 0 radical (unpaired) electrons. The van der Waals surface area contributed by atoms with E-state index in [1.165, 1.54) is 18.7 Å². The molecule has 1 saturated carbocycles. The molecular weight excluding hydrogens is 496 g/mol. The number of methoxy groups -OCH3 is 1. The first-order chi connectivity index (χ1) is 17.3. The average molecular weight is 549 g/mol. The van der Waals surface area contributed by atoms with E-state index in [2.05, 4.69) is 77.3 Å². The molecule has 3 rings (SSSR count). The van der Waals surface area contributed by atoms with Gasteiger partial charge in [0, 0.05) is 25.6 Å². The first-order valence-corrected chi connectivity index (χ1v) is 20.4. The quantitative estimate of drug-likeness (QED) is 0.223. The summed E-state index contributed by atoms with van der Waals surface area (Å²) in [5, 5.41) is 1.57. The van der Waals surface area contributed by atoms with E-state index >= 15 is 0 Å². The van der Waals surface area contributed by atoms with E-state index in [9.17, 15) is 4.79 Å². The Kier molecular flexibility index (Phi) is 10.7. The van der Waals surface area contributed by atoms with Crippen molar-refractivity contribution in [2.75, 3.05) is 20.3 Å². The predicted octanol–water partition coefficient (Wildman–Crippen LogP) is 6.89. The Balaban J connectivity index is 1.83. The van der Waals surface area contributed by atoms with E-state index in [1.54, 1.807) is 0 Å². The standard InChI is InChI=1S/C30H52O5Si2/c1-30(2,3)37(7,8)34-22-26-23(17-18-27(26)35-29-16-12-13-19-33-29)20-25(21-28(31)32-4)36(5,6)24-14-10-9-11-15-24/h9-11,14-15,23,25-27,29H,12-13,16-22H2,1-8H3/t23-,25?,26-,27-,29?/m0/s1. The third kappa shape index (κ3) is 8.01. The Morgan fingerprint density at radius 3 is 2.35 bits per heavy atom. The van der Waals surface area contributed by atoms with Gasteiger partial charge in [-0.05, 0) is 68.1 Å². The molecule has 1 heterocycles. The van der Waals surface area contributed by atoms with Gasteiger partial charge in [0.1, 0.15) is 0 Å². The molecule has 1 saturated heterocycles. The van der Waals surface area contributed by atoms with Gasteiger partial charge < -0.3 is 18.6 Å². The topological polar surface area (TPSA) is 54.0 Å². The number of benzene rings is 1. The Morgan fingerprint density at radius 2 is 1.76 bits per heavy atom. The molecule has 1 aromatic carbocycles. The minimum Gasteiger partial charge on any atom is -0.469 e. The van der Waals surface area contributed by atoms with Gasteiger partial charge in [-0.15, -0.1) is 0 Å². The predicted molar refractivity (Wildman–Crippen MR) is 156 cm³/mol. The molecule has 37 heavy (non-hydrogen) atoms. The van der Waals surface area contributed by atoms with Crippen LogP contribution in [0.3, 0.4) is 0 Å². The summed E-state index contributed by atoms with van der Waals surface area (Å²) < 4.78 is 24.6. The van der Waals surface area contributed by atoms with Crippen molar-refractivity contribution < 1.29 is 23.4 Å². The molecule has 2 aliphatic rings. The zero-order chi connectivity index (χ0) is 27.3. The molecule has 2 fully saturated rings. The van der Waals surface area contributed by atoms with Crippen molar-refractivity contribution in [2.45, 2.75) is 115 Å². The van der Waals surface area contributed by atoms with Crippen molar-refractivity contribution in [2.24, 2.45) is 11.8 Å².